The number of carbonyl (C=O) groups is 2. The summed E-state index contributed by atoms with van der Waals surface area (Å²) in [5.41, 5.74) is 2.36. The highest BCUT2D eigenvalue weighted by molar-refractivity contribution is 5.99. The van der Waals surface area contributed by atoms with Crippen molar-refractivity contribution in [2.45, 2.75) is 66.4 Å². The lowest BCUT2D eigenvalue weighted by Gasteiger charge is -2.35. The molecule has 5 unspecified atom stereocenters. The lowest BCUT2D eigenvalue weighted by atomic mass is 9.68. The average Bonchev–Trinajstić information content (AvgIpc) is 3.11. The zero-order valence-electron chi connectivity index (χ0n) is 18.2. The third-order valence-corrected chi connectivity index (χ3v) is 7.16. The fourth-order valence-electron chi connectivity index (χ4n) is 5.36. The zero-order chi connectivity index (χ0) is 21.5. The molecular formula is C24H34O5. The SMILES string of the molecule is CC1=CC2C(=C(C)CCC3(CO)C(=O)C=C(C(C)C)C3CC1)OC(=O)C2C(C)O. The molecule has 0 radical (unpaired) electrons. The Morgan fingerprint density at radius 1 is 1.21 bits per heavy atom. The topological polar surface area (TPSA) is 83.8 Å². The van der Waals surface area contributed by atoms with E-state index in [-0.39, 0.29) is 30.1 Å². The average molecular weight is 403 g/mol. The first-order chi connectivity index (χ1) is 13.6. The number of hydrogen-bond donors (Lipinski definition) is 2. The third kappa shape index (κ3) is 3.75. The molecule has 5 atom stereocenters. The summed E-state index contributed by atoms with van der Waals surface area (Å²) in [5.74, 6) is -0.365. The second kappa shape index (κ2) is 8.19. The standard InChI is InChI=1S/C24H34O5/c1-13(2)17-11-20(27)24(12-25)9-8-15(4)22-18(10-14(3)6-7-19(17)24)21(16(5)26)23(28)29-22/h10-11,13,16,18-19,21,25-26H,6-9,12H2,1-5H3. The predicted molar refractivity (Wildman–Crippen MR) is 111 cm³/mol. The molecule has 5 heteroatoms. The number of rotatable bonds is 3. The van der Waals surface area contributed by atoms with Crippen LogP contribution in [0.25, 0.3) is 0 Å². The van der Waals surface area contributed by atoms with E-state index in [0.717, 1.165) is 29.6 Å². The molecule has 0 spiro atoms. The smallest absolute Gasteiger partial charge is 0.317 e. The number of allylic oxidation sites excluding steroid dienone is 5. The lowest BCUT2D eigenvalue weighted by Crippen LogP contribution is -2.38. The first-order valence-electron chi connectivity index (χ1n) is 10.8. The Morgan fingerprint density at radius 3 is 2.48 bits per heavy atom. The molecule has 1 aliphatic heterocycles. The van der Waals surface area contributed by atoms with Crippen LogP contribution >= 0.6 is 0 Å². The molecule has 160 valence electrons. The van der Waals surface area contributed by atoms with Crippen molar-refractivity contribution in [3.8, 4) is 0 Å². The number of fused-ring (bicyclic) bond motifs is 2. The molecule has 1 heterocycles. The van der Waals surface area contributed by atoms with Crippen LogP contribution in [0, 0.1) is 29.1 Å². The monoisotopic (exact) mass is 402 g/mol. The van der Waals surface area contributed by atoms with E-state index in [1.165, 1.54) is 0 Å². The van der Waals surface area contributed by atoms with Crippen LogP contribution < -0.4 is 0 Å². The number of aliphatic hydroxyl groups is 2. The highest BCUT2D eigenvalue weighted by atomic mass is 16.5. The van der Waals surface area contributed by atoms with Crippen molar-refractivity contribution in [1.82, 2.24) is 0 Å². The Hall–Kier alpha value is -1.72. The quantitative estimate of drug-likeness (QED) is 0.555. The Labute approximate surface area is 173 Å². The van der Waals surface area contributed by atoms with Gasteiger partial charge in [0.2, 0.25) is 0 Å². The Kier molecular flexibility index (Phi) is 6.21. The number of hydrogen-bond acceptors (Lipinski definition) is 5. The van der Waals surface area contributed by atoms with E-state index in [2.05, 4.69) is 19.9 Å². The minimum Gasteiger partial charge on any atom is -0.430 e. The summed E-state index contributed by atoms with van der Waals surface area (Å²) in [6.07, 6.45) is 5.68. The maximum Gasteiger partial charge on any atom is 0.317 e. The van der Waals surface area contributed by atoms with Gasteiger partial charge >= 0.3 is 5.97 Å². The lowest BCUT2D eigenvalue weighted by molar-refractivity contribution is -0.142. The van der Waals surface area contributed by atoms with Gasteiger partial charge in [-0.15, -0.1) is 0 Å². The third-order valence-electron chi connectivity index (χ3n) is 7.16. The molecule has 0 amide bonds. The van der Waals surface area contributed by atoms with Gasteiger partial charge in [0, 0.05) is 0 Å². The zero-order valence-corrected chi connectivity index (χ0v) is 18.2. The molecule has 5 nitrogen and oxygen atoms in total. The fraction of sp³-hybridized carbons (Fsp3) is 0.667. The van der Waals surface area contributed by atoms with Crippen LogP contribution in [-0.4, -0.2) is 34.7 Å². The van der Waals surface area contributed by atoms with E-state index >= 15 is 0 Å². The molecule has 29 heavy (non-hydrogen) atoms. The van der Waals surface area contributed by atoms with E-state index in [1.807, 2.05) is 13.8 Å². The van der Waals surface area contributed by atoms with Gasteiger partial charge in [-0.1, -0.05) is 31.1 Å². The van der Waals surface area contributed by atoms with Crippen molar-refractivity contribution < 1.29 is 24.5 Å². The molecule has 3 aliphatic rings. The summed E-state index contributed by atoms with van der Waals surface area (Å²) in [4.78, 5) is 25.5. The first-order valence-corrected chi connectivity index (χ1v) is 10.8. The summed E-state index contributed by atoms with van der Waals surface area (Å²) >= 11 is 0. The predicted octanol–water partition coefficient (Wildman–Crippen LogP) is 3.71. The summed E-state index contributed by atoms with van der Waals surface area (Å²) in [6, 6.07) is 0. The van der Waals surface area contributed by atoms with Crippen LogP contribution in [-0.2, 0) is 14.3 Å². The van der Waals surface area contributed by atoms with Gasteiger partial charge in [0.25, 0.3) is 0 Å². The van der Waals surface area contributed by atoms with Crippen LogP contribution in [0.4, 0.5) is 0 Å². The van der Waals surface area contributed by atoms with Gasteiger partial charge in [-0.3, -0.25) is 9.59 Å². The van der Waals surface area contributed by atoms with E-state index in [0.29, 0.717) is 18.6 Å². The summed E-state index contributed by atoms with van der Waals surface area (Å²) in [6.45, 7) is 9.62. The van der Waals surface area contributed by atoms with E-state index in [1.54, 1.807) is 13.0 Å². The van der Waals surface area contributed by atoms with E-state index < -0.39 is 23.4 Å². The van der Waals surface area contributed by atoms with Gasteiger partial charge in [-0.05, 0) is 69.9 Å². The number of carbonyl (C=O) groups excluding carboxylic acids is 2. The van der Waals surface area contributed by atoms with E-state index in [9.17, 15) is 19.8 Å². The van der Waals surface area contributed by atoms with Gasteiger partial charge in [0.15, 0.2) is 5.78 Å². The second-order valence-corrected chi connectivity index (χ2v) is 9.44. The van der Waals surface area contributed by atoms with Crippen molar-refractivity contribution in [3.05, 3.63) is 34.6 Å². The van der Waals surface area contributed by atoms with E-state index in [4.69, 9.17) is 4.74 Å². The van der Waals surface area contributed by atoms with Crippen molar-refractivity contribution in [2.75, 3.05) is 6.61 Å². The molecule has 0 aromatic heterocycles. The highest BCUT2D eigenvalue weighted by Crippen LogP contribution is 2.50. The summed E-state index contributed by atoms with van der Waals surface area (Å²) in [5, 5.41) is 20.5. The molecule has 2 aliphatic carbocycles. The van der Waals surface area contributed by atoms with Gasteiger partial charge in [0.1, 0.15) is 5.76 Å². The van der Waals surface area contributed by atoms with Crippen LogP contribution in [0.2, 0.25) is 0 Å². The van der Waals surface area contributed by atoms with Crippen LogP contribution in [0.5, 0.6) is 0 Å². The molecule has 0 bridgehead atoms. The number of ketones is 1. The molecular weight excluding hydrogens is 368 g/mol. The Balaban J connectivity index is 2.05. The largest absolute Gasteiger partial charge is 0.430 e. The van der Waals surface area contributed by atoms with Crippen molar-refractivity contribution in [2.24, 2.45) is 29.1 Å². The van der Waals surface area contributed by atoms with Gasteiger partial charge in [0.05, 0.1) is 30.0 Å². The second-order valence-electron chi connectivity index (χ2n) is 9.44. The van der Waals surface area contributed by atoms with Crippen molar-refractivity contribution in [3.63, 3.8) is 0 Å². The normalized spacial score (nSPS) is 34.3. The van der Waals surface area contributed by atoms with Crippen molar-refractivity contribution >= 4 is 11.8 Å². The number of aliphatic hydroxyl groups excluding tert-OH is 2. The number of esters is 1. The maximum absolute atomic E-state index is 13.0. The fourth-order valence-corrected chi connectivity index (χ4v) is 5.36. The van der Waals surface area contributed by atoms with Crippen molar-refractivity contribution in [1.29, 1.82) is 0 Å². The minimum absolute atomic E-state index is 0.0224. The molecule has 3 rings (SSSR count). The Bertz CT molecular complexity index is 785. The summed E-state index contributed by atoms with van der Waals surface area (Å²) in [7, 11) is 0. The van der Waals surface area contributed by atoms with Gasteiger partial charge in [-0.25, -0.2) is 0 Å². The van der Waals surface area contributed by atoms with Crippen LogP contribution in [0.15, 0.2) is 34.6 Å². The molecule has 1 fully saturated rings. The van der Waals surface area contributed by atoms with Gasteiger partial charge < -0.3 is 14.9 Å². The molecule has 1 saturated heterocycles. The van der Waals surface area contributed by atoms with Crippen LogP contribution in [0.1, 0.15) is 60.3 Å². The summed E-state index contributed by atoms with van der Waals surface area (Å²) < 4.78 is 5.61. The molecule has 0 saturated carbocycles. The number of ether oxygens (including phenoxy) is 1. The maximum atomic E-state index is 13.0. The molecule has 2 N–H and O–H groups in total. The molecule has 0 aromatic rings. The minimum atomic E-state index is -0.799. The first kappa shape index (κ1) is 22.0. The molecule has 0 aromatic carbocycles. The highest BCUT2D eigenvalue weighted by Gasteiger charge is 2.50. The van der Waals surface area contributed by atoms with Gasteiger partial charge in [-0.2, -0.15) is 0 Å². The Morgan fingerprint density at radius 2 is 1.90 bits per heavy atom. The van der Waals surface area contributed by atoms with Crippen LogP contribution in [0.3, 0.4) is 0 Å².